The molecule has 3 rings (SSSR count). The van der Waals surface area contributed by atoms with Crippen LogP contribution in [0.3, 0.4) is 0 Å². The van der Waals surface area contributed by atoms with Gasteiger partial charge in [-0.3, -0.25) is 24.5 Å². The maximum atomic E-state index is 12.2. The fraction of sp³-hybridized carbons (Fsp3) is 0.211. The smallest absolute Gasteiger partial charge is 0.311 e. The standard InChI is InChI=1S/C19H16BrN3O6/c20-13-4-6-14(7-5-13)21-17(24)11-29-19(26)12-8-18(25)22(10-12)15-2-1-3-16(9-15)23(27)28/h1-7,9,12H,8,10-11H2,(H,21,24)/t12-/m0/s1. The Morgan fingerprint density at radius 2 is 1.97 bits per heavy atom. The number of hydrogen-bond donors (Lipinski definition) is 1. The number of nitrogens with one attached hydrogen (secondary N) is 1. The van der Waals surface area contributed by atoms with E-state index in [-0.39, 0.29) is 24.6 Å². The third-order valence-corrected chi connectivity index (χ3v) is 4.81. The molecule has 9 nitrogen and oxygen atoms in total. The monoisotopic (exact) mass is 461 g/mol. The number of anilines is 2. The van der Waals surface area contributed by atoms with Crippen molar-refractivity contribution in [2.24, 2.45) is 5.92 Å². The van der Waals surface area contributed by atoms with Crippen LogP contribution in [0, 0.1) is 16.0 Å². The quantitative estimate of drug-likeness (QED) is 0.401. The second-order valence-corrected chi connectivity index (χ2v) is 7.26. The van der Waals surface area contributed by atoms with Crippen LogP contribution in [0.15, 0.2) is 53.0 Å². The molecule has 0 aromatic heterocycles. The number of halogens is 1. The van der Waals surface area contributed by atoms with Gasteiger partial charge in [0.05, 0.1) is 16.5 Å². The van der Waals surface area contributed by atoms with Crippen LogP contribution in [0.2, 0.25) is 0 Å². The third-order valence-electron chi connectivity index (χ3n) is 4.28. The Balaban J connectivity index is 1.55. The molecule has 1 fully saturated rings. The van der Waals surface area contributed by atoms with Crippen molar-refractivity contribution in [2.45, 2.75) is 6.42 Å². The molecule has 29 heavy (non-hydrogen) atoms. The van der Waals surface area contributed by atoms with Gasteiger partial charge in [-0.25, -0.2) is 0 Å². The number of nitro groups is 1. The van der Waals surface area contributed by atoms with Crippen LogP contribution >= 0.6 is 15.9 Å². The summed E-state index contributed by atoms with van der Waals surface area (Å²) < 4.78 is 5.89. The summed E-state index contributed by atoms with van der Waals surface area (Å²) in [5, 5.41) is 13.5. The molecule has 1 atom stereocenters. The second kappa shape index (κ2) is 8.82. The molecule has 1 heterocycles. The van der Waals surface area contributed by atoms with Crippen molar-refractivity contribution in [3.8, 4) is 0 Å². The lowest BCUT2D eigenvalue weighted by atomic mass is 10.1. The number of nitrogens with zero attached hydrogens (tertiary/aromatic N) is 2. The molecule has 0 aliphatic carbocycles. The van der Waals surface area contributed by atoms with Gasteiger partial charge in [0.15, 0.2) is 6.61 Å². The molecule has 1 N–H and O–H groups in total. The molecule has 0 radical (unpaired) electrons. The van der Waals surface area contributed by atoms with Crippen molar-refractivity contribution in [3.63, 3.8) is 0 Å². The van der Waals surface area contributed by atoms with Gasteiger partial charge in [-0.05, 0) is 30.3 Å². The average Bonchev–Trinajstić information content (AvgIpc) is 3.10. The predicted octanol–water partition coefficient (Wildman–Crippen LogP) is 2.89. The Morgan fingerprint density at radius 3 is 2.66 bits per heavy atom. The van der Waals surface area contributed by atoms with Crippen molar-refractivity contribution in [1.82, 2.24) is 0 Å². The highest BCUT2D eigenvalue weighted by molar-refractivity contribution is 9.10. The first kappa shape index (κ1) is 20.5. The number of esters is 1. The number of benzene rings is 2. The van der Waals surface area contributed by atoms with Gasteiger partial charge in [0.2, 0.25) is 5.91 Å². The number of non-ortho nitro benzene ring substituents is 1. The molecule has 0 unspecified atom stereocenters. The second-order valence-electron chi connectivity index (χ2n) is 6.35. The summed E-state index contributed by atoms with van der Waals surface area (Å²) in [6.45, 7) is -0.441. The van der Waals surface area contributed by atoms with Crippen LogP contribution in [0.1, 0.15) is 6.42 Å². The van der Waals surface area contributed by atoms with Gasteiger partial charge in [0.25, 0.3) is 11.6 Å². The SMILES string of the molecule is O=C(COC(=O)[C@H]1CC(=O)N(c2cccc([N+](=O)[O-])c2)C1)Nc1ccc(Br)cc1. The summed E-state index contributed by atoms with van der Waals surface area (Å²) in [6, 6.07) is 12.5. The van der Waals surface area contributed by atoms with E-state index in [4.69, 9.17) is 4.74 Å². The van der Waals surface area contributed by atoms with E-state index < -0.39 is 29.3 Å². The van der Waals surface area contributed by atoms with Gasteiger partial charge < -0.3 is 15.0 Å². The van der Waals surface area contributed by atoms with Crippen LogP contribution in [-0.2, 0) is 19.1 Å². The number of ether oxygens (including phenoxy) is 1. The number of amides is 2. The first-order chi connectivity index (χ1) is 13.8. The Labute approximate surface area is 173 Å². The van der Waals surface area contributed by atoms with Crippen molar-refractivity contribution in [2.75, 3.05) is 23.4 Å². The molecule has 150 valence electrons. The van der Waals surface area contributed by atoms with Gasteiger partial charge in [0, 0.05) is 35.3 Å². The predicted molar refractivity (Wildman–Crippen MR) is 107 cm³/mol. The zero-order valence-electron chi connectivity index (χ0n) is 15.0. The van der Waals surface area contributed by atoms with Gasteiger partial charge in [-0.2, -0.15) is 0 Å². The van der Waals surface area contributed by atoms with Crippen LogP contribution in [0.4, 0.5) is 17.1 Å². The van der Waals surface area contributed by atoms with Crippen molar-refractivity contribution in [3.05, 3.63) is 63.1 Å². The van der Waals surface area contributed by atoms with E-state index >= 15 is 0 Å². The molecule has 2 amide bonds. The largest absolute Gasteiger partial charge is 0.455 e. The summed E-state index contributed by atoms with van der Waals surface area (Å²) in [4.78, 5) is 48.1. The first-order valence-corrected chi connectivity index (χ1v) is 9.39. The maximum absolute atomic E-state index is 12.2. The average molecular weight is 462 g/mol. The zero-order chi connectivity index (χ0) is 21.0. The lowest BCUT2D eigenvalue weighted by Crippen LogP contribution is -2.28. The lowest BCUT2D eigenvalue weighted by Gasteiger charge is -2.16. The van der Waals surface area contributed by atoms with E-state index in [1.54, 1.807) is 30.3 Å². The topological polar surface area (TPSA) is 119 Å². The van der Waals surface area contributed by atoms with E-state index in [0.29, 0.717) is 11.4 Å². The normalized spacial score (nSPS) is 15.8. The number of nitro benzene ring substituents is 1. The summed E-state index contributed by atoms with van der Waals surface area (Å²) in [5.74, 6) is -2.26. The van der Waals surface area contributed by atoms with E-state index in [0.717, 1.165) is 4.47 Å². The molecule has 0 spiro atoms. The van der Waals surface area contributed by atoms with Crippen LogP contribution in [0.5, 0.6) is 0 Å². The van der Waals surface area contributed by atoms with Gasteiger partial charge in [-0.1, -0.05) is 22.0 Å². The molecule has 1 aliphatic rings. The van der Waals surface area contributed by atoms with Gasteiger partial charge in [-0.15, -0.1) is 0 Å². The number of carbonyl (C=O) groups excluding carboxylic acids is 3. The van der Waals surface area contributed by atoms with E-state index in [1.165, 1.54) is 23.1 Å². The van der Waals surface area contributed by atoms with Crippen LogP contribution < -0.4 is 10.2 Å². The highest BCUT2D eigenvalue weighted by atomic mass is 79.9. The van der Waals surface area contributed by atoms with Crippen molar-refractivity contribution < 1.29 is 24.0 Å². The Kier molecular flexibility index (Phi) is 6.23. The van der Waals surface area contributed by atoms with E-state index in [9.17, 15) is 24.5 Å². The fourth-order valence-electron chi connectivity index (χ4n) is 2.87. The molecule has 2 aromatic rings. The highest BCUT2D eigenvalue weighted by Gasteiger charge is 2.36. The minimum absolute atomic E-state index is 0.0349. The summed E-state index contributed by atoms with van der Waals surface area (Å²) >= 11 is 3.29. The molecule has 1 aliphatic heterocycles. The van der Waals surface area contributed by atoms with Crippen LogP contribution in [-0.4, -0.2) is 35.9 Å². The molecular weight excluding hydrogens is 446 g/mol. The lowest BCUT2D eigenvalue weighted by molar-refractivity contribution is -0.384. The number of carbonyl (C=O) groups is 3. The third kappa shape index (κ3) is 5.17. The summed E-state index contributed by atoms with van der Waals surface area (Å²) in [5.41, 5.74) is 0.751. The Morgan fingerprint density at radius 1 is 1.24 bits per heavy atom. The molecule has 1 saturated heterocycles. The van der Waals surface area contributed by atoms with Crippen molar-refractivity contribution >= 4 is 50.8 Å². The van der Waals surface area contributed by atoms with E-state index in [2.05, 4.69) is 21.2 Å². The number of hydrogen-bond acceptors (Lipinski definition) is 6. The number of rotatable bonds is 6. The minimum atomic E-state index is -0.748. The Hall–Kier alpha value is -3.27. The summed E-state index contributed by atoms with van der Waals surface area (Å²) in [7, 11) is 0. The Bertz CT molecular complexity index is 963. The molecule has 10 heteroatoms. The molecule has 0 saturated carbocycles. The van der Waals surface area contributed by atoms with Gasteiger partial charge >= 0.3 is 5.97 Å². The minimum Gasteiger partial charge on any atom is -0.455 e. The maximum Gasteiger partial charge on any atom is 0.311 e. The van der Waals surface area contributed by atoms with Crippen molar-refractivity contribution in [1.29, 1.82) is 0 Å². The molecular formula is C19H16BrN3O6. The van der Waals surface area contributed by atoms with Crippen LogP contribution in [0.25, 0.3) is 0 Å². The molecule has 2 aromatic carbocycles. The first-order valence-electron chi connectivity index (χ1n) is 8.60. The highest BCUT2D eigenvalue weighted by Crippen LogP contribution is 2.28. The van der Waals surface area contributed by atoms with Gasteiger partial charge in [0.1, 0.15) is 0 Å². The molecule has 0 bridgehead atoms. The zero-order valence-corrected chi connectivity index (χ0v) is 16.6. The van der Waals surface area contributed by atoms with E-state index in [1.807, 2.05) is 0 Å². The fourth-order valence-corrected chi connectivity index (χ4v) is 3.14. The summed E-state index contributed by atoms with van der Waals surface area (Å²) in [6.07, 6.45) is -0.0874.